The average Bonchev–Trinajstić information content (AvgIpc) is 3.15. The fraction of sp³-hybridized carbons (Fsp3) is 0.100. The summed E-state index contributed by atoms with van der Waals surface area (Å²) in [6.07, 6.45) is 1.58. The van der Waals surface area contributed by atoms with Crippen molar-refractivity contribution >= 4 is 23.2 Å². The first-order chi connectivity index (χ1) is 12.2. The molecule has 2 aromatic carbocycles. The van der Waals surface area contributed by atoms with Crippen molar-refractivity contribution < 1.29 is 14.0 Å². The van der Waals surface area contributed by atoms with Gasteiger partial charge in [0.2, 0.25) is 5.91 Å². The number of nitrogens with zero attached hydrogens (tertiary/aromatic N) is 1. The van der Waals surface area contributed by atoms with Crippen molar-refractivity contribution in [2.24, 2.45) is 0 Å². The van der Waals surface area contributed by atoms with Gasteiger partial charge in [0, 0.05) is 11.4 Å². The lowest BCUT2D eigenvalue weighted by molar-refractivity contribution is -0.138. The molecule has 0 spiro atoms. The smallest absolute Gasteiger partial charge is 0.259 e. The van der Waals surface area contributed by atoms with Crippen LogP contribution in [0.3, 0.4) is 0 Å². The number of nitrogens with one attached hydrogen (secondary N) is 1. The molecular formula is C20H16N2O3. The summed E-state index contributed by atoms with van der Waals surface area (Å²) in [5.74, 6) is 0.0345. The Morgan fingerprint density at radius 3 is 2.24 bits per heavy atom. The van der Waals surface area contributed by atoms with Gasteiger partial charge in [-0.15, -0.1) is 0 Å². The zero-order chi connectivity index (χ0) is 17.3. The van der Waals surface area contributed by atoms with Crippen LogP contribution in [0.1, 0.15) is 12.2 Å². The van der Waals surface area contributed by atoms with E-state index in [0.29, 0.717) is 17.1 Å². The highest BCUT2D eigenvalue weighted by Crippen LogP contribution is 2.45. The highest BCUT2D eigenvalue weighted by atomic mass is 16.3. The standard InChI is InChI=1S/C20H16N2O3/c23-18-14-20(17-12-7-13-25-17,22(18)16-10-5-2-6-11-16)19(24)21-15-8-3-1-4-9-15/h1-13H,14H2,(H,21,24). The van der Waals surface area contributed by atoms with Gasteiger partial charge in [-0.3, -0.25) is 14.5 Å². The van der Waals surface area contributed by atoms with Gasteiger partial charge in [0.15, 0.2) is 5.54 Å². The molecule has 1 fully saturated rings. The monoisotopic (exact) mass is 332 g/mol. The summed E-state index contributed by atoms with van der Waals surface area (Å²) in [5.41, 5.74) is 0.154. The second-order valence-corrected chi connectivity index (χ2v) is 5.90. The minimum absolute atomic E-state index is 0.0636. The van der Waals surface area contributed by atoms with Crippen LogP contribution in [0.2, 0.25) is 0 Å². The SMILES string of the molecule is O=C1CC(C(=O)Nc2ccccc2)(c2ccco2)N1c1ccccc1. The van der Waals surface area contributed by atoms with Crippen LogP contribution < -0.4 is 10.2 Å². The molecule has 1 atom stereocenters. The summed E-state index contributed by atoms with van der Waals surface area (Å²) in [5, 5.41) is 2.90. The van der Waals surface area contributed by atoms with E-state index in [1.165, 1.54) is 11.2 Å². The first kappa shape index (κ1) is 15.2. The maximum atomic E-state index is 13.2. The molecule has 0 aliphatic carbocycles. The Kier molecular flexibility index (Phi) is 3.61. The number of hydrogen-bond donors (Lipinski definition) is 1. The summed E-state index contributed by atoms with van der Waals surface area (Å²) >= 11 is 0. The molecule has 0 saturated carbocycles. The Labute approximate surface area is 144 Å². The van der Waals surface area contributed by atoms with Gasteiger partial charge in [0.1, 0.15) is 5.76 Å². The molecule has 124 valence electrons. The van der Waals surface area contributed by atoms with E-state index in [2.05, 4.69) is 5.32 Å². The van der Waals surface area contributed by atoms with Gasteiger partial charge in [-0.2, -0.15) is 0 Å². The van der Waals surface area contributed by atoms with Crippen LogP contribution >= 0.6 is 0 Å². The molecule has 2 amide bonds. The van der Waals surface area contributed by atoms with E-state index in [4.69, 9.17) is 4.42 Å². The maximum Gasteiger partial charge on any atom is 0.259 e. The first-order valence-electron chi connectivity index (χ1n) is 8.00. The first-order valence-corrected chi connectivity index (χ1v) is 8.00. The van der Waals surface area contributed by atoms with Crippen LogP contribution in [-0.2, 0) is 15.1 Å². The minimum atomic E-state index is -1.18. The topological polar surface area (TPSA) is 62.6 Å². The molecule has 2 heterocycles. The molecule has 5 nitrogen and oxygen atoms in total. The molecule has 1 aromatic heterocycles. The van der Waals surface area contributed by atoms with Crippen molar-refractivity contribution in [2.45, 2.75) is 12.0 Å². The molecule has 5 heteroatoms. The molecular weight excluding hydrogens is 316 g/mol. The molecule has 0 radical (unpaired) electrons. The number of hydrogen-bond acceptors (Lipinski definition) is 3. The fourth-order valence-corrected chi connectivity index (χ4v) is 3.20. The van der Waals surface area contributed by atoms with Gasteiger partial charge in [-0.25, -0.2) is 0 Å². The number of amides is 2. The molecule has 25 heavy (non-hydrogen) atoms. The number of carbonyl (C=O) groups excluding carboxylic acids is 2. The number of para-hydroxylation sites is 2. The summed E-state index contributed by atoms with van der Waals surface area (Å²) in [6.45, 7) is 0. The third-order valence-electron chi connectivity index (χ3n) is 4.39. The predicted octanol–water partition coefficient (Wildman–Crippen LogP) is 3.55. The summed E-state index contributed by atoms with van der Waals surface area (Å²) < 4.78 is 5.54. The van der Waals surface area contributed by atoms with Crippen LogP contribution in [-0.4, -0.2) is 11.8 Å². The molecule has 4 rings (SSSR count). The lowest BCUT2D eigenvalue weighted by Crippen LogP contribution is -2.67. The van der Waals surface area contributed by atoms with E-state index in [1.54, 1.807) is 24.3 Å². The van der Waals surface area contributed by atoms with E-state index < -0.39 is 5.54 Å². The molecule has 1 unspecified atom stereocenters. The average molecular weight is 332 g/mol. The van der Waals surface area contributed by atoms with Crippen molar-refractivity contribution in [3.63, 3.8) is 0 Å². The van der Waals surface area contributed by atoms with Crippen molar-refractivity contribution in [1.82, 2.24) is 0 Å². The third-order valence-corrected chi connectivity index (χ3v) is 4.39. The number of benzene rings is 2. The lowest BCUT2D eigenvalue weighted by Gasteiger charge is -2.48. The van der Waals surface area contributed by atoms with Crippen molar-refractivity contribution in [3.8, 4) is 0 Å². The third kappa shape index (κ3) is 2.41. The molecule has 3 aromatic rings. The Balaban J connectivity index is 1.76. The van der Waals surface area contributed by atoms with Crippen LogP contribution in [0.25, 0.3) is 0 Å². The largest absolute Gasteiger partial charge is 0.466 e. The second kappa shape index (κ2) is 5.94. The summed E-state index contributed by atoms with van der Waals surface area (Å²) in [7, 11) is 0. The van der Waals surface area contributed by atoms with Crippen LogP contribution in [0.15, 0.2) is 83.5 Å². The van der Waals surface area contributed by atoms with E-state index >= 15 is 0 Å². The molecule has 1 N–H and O–H groups in total. The zero-order valence-corrected chi connectivity index (χ0v) is 13.4. The quantitative estimate of drug-likeness (QED) is 0.743. The normalized spacial score (nSPS) is 19.4. The second-order valence-electron chi connectivity index (χ2n) is 5.90. The Morgan fingerprint density at radius 2 is 1.64 bits per heavy atom. The number of β-lactam (4-membered cyclic amide) rings is 1. The van der Waals surface area contributed by atoms with Gasteiger partial charge < -0.3 is 9.73 Å². The highest BCUT2D eigenvalue weighted by molar-refractivity contribution is 6.16. The van der Waals surface area contributed by atoms with Gasteiger partial charge >= 0.3 is 0 Å². The molecule has 1 aliphatic rings. The number of anilines is 2. The lowest BCUT2D eigenvalue weighted by atomic mass is 9.79. The summed E-state index contributed by atoms with van der Waals surface area (Å²) in [6, 6.07) is 21.8. The van der Waals surface area contributed by atoms with Gasteiger partial charge in [-0.1, -0.05) is 36.4 Å². The highest BCUT2D eigenvalue weighted by Gasteiger charge is 2.60. The van der Waals surface area contributed by atoms with E-state index in [0.717, 1.165) is 0 Å². The molecule has 0 bridgehead atoms. The van der Waals surface area contributed by atoms with Crippen molar-refractivity contribution in [3.05, 3.63) is 84.8 Å². The Bertz CT molecular complexity index is 891. The van der Waals surface area contributed by atoms with Crippen LogP contribution in [0, 0.1) is 0 Å². The van der Waals surface area contributed by atoms with Gasteiger partial charge in [-0.05, 0) is 36.4 Å². The van der Waals surface area contributed by atoms with E-state index in [1.807, 2.05) is 48.5 Å². The minimum Gasteiger partial charge on any atom is -0.466 e. The Hall–Kier alpha value is -3.34. The predicted molar refractivity (Wildman–Crippen MR) is 94.0 cm³/mol. The summed E-state index contributed by atoms with van der Waals surface area (Å²) in [4.78, 5) is 27.1. The van der Waals surface area contributed by atoms with Crippen LogP contribution in [0.4, 0.5) is 11.4 Å². The Morgan fingerprint density at radius 1 is 0.960 bits per heavy atom. The van der Waals surface area contributed by atoms with Crippen LogP contribution in [0.5, 0.6) is 0 Å². The van der Waals surface area contributed by atoms with E-state index in [-0.39, 0.29) is 18.2 Å². The number of furan rings is 1. The van der Waals surface area contributed by atoms with Crippen molar-refractivity contribution in [1.29, 1.82) is 0 Å². The maximum absolute atomic E-state index is 13.2. The zero-order valence-electron chi connectivity index (χ0n) is 13.4. The number of carbonyl (C=O) groups is 2. The molecule has 1 aliphatic heterocycles. The fourth-order valence-electron chi connectivity index (χ4n) is 3.20. The van der Waals surface area contributed by atoms with Gasteiger partial charge in [0.25, 0.3) is 5.91 Å². The van der Waals surface area contributed by atoms with E-state index in [9.17, 15) is 9.59 Å². The van der Waals surface area contributed by atoms with Crippen molar-refractivity contribution in [2.75, 3.05) is 10.2 Å². The number of rotatable bonds is 4. The van der Waals surface area contributed by atoms with Gasteiger partial charge in [0.05, 0.1) is 12.7 Å². The molecule has 1 saturated heterocycles.